The van der Waals surface area contributed by atoms with Gasteiger partial charge in [0.25, 0.3) is 0 Å². The number of carbonyl (C=O) groups excluding carboxylic acids is 3. The van der Waals surface area contributed by atoms with E-state index in [-0.39, 0.29) is 11.8 Å². The molecule has 7 heteroatoms. The number of aromatic nitrogens is 3. The molecule has 1 saturated heterocycles. The fourth-order valence-corrected chi connectivity index (χ4v) is 2.28. The summed E-state index contributed by atoms with van der Waals surface area (Å²) in [5, 5.41) is 6.34. The van der Waals surface area contributed by atoms with Gasteiger partial charge in [0, 0.05) is 6.42 Å². The van der Waals surface area contributed by atoms with Crippen molar-refractivity contribution >= 4 is 23.7 Å². The first-order valence-electron chi connectivity index (χ1n) is 5.82. The van der Waals surface area contributed by atoms with E-state index in [9.17, 15) is 14.4 Å². The van der Waals surface area contributed by atoms with Gasteiger partial charge in [-0.1, -0.05) is 0 Å². The smallest absolute Gasteiger partial charge is 0.235 e. The molecule has 0 radical (unpaired) electrons. The van der Waals surface area contributed by atoms with Gasteiger partial charge in [-0.3, -0.25) is 19.7 Å². The molecule has 2 aromatic heterocycles. The number of aldehydes is 1. The number of nitrogens with zero attached hydrogens (tertiary/aromatic N) is 3. The predicted molar refractivity (Wildman–Crippen MR) is 63.5 cm³/mol. The van der Waals surface area contributed by atoms with E-state index in [1.54, 1.807) is 12.1 Å². The molecule has 1 aliphatic heterocycles. The van der Waals surface area contributed by atoms with Gasteiger partial charge >= 0.3 is 0 Å². The van der Waals surface area contributed by atoms with Crippen molar-refractivity contribution in [2.75, 3.05) is 0 Å². The lowest BCUT2D eigenvalue weighted by molar-refractivity contribution is -0.134. The summed E-state index contributed by atoms with van der Waals surface area (Å²) in [5.41, 5.74) is 1.45. The number of amides is 2. The summed E-state index contributed by atoms with van der Waals surface area (Å²) in [4.78, 5) is 37.9. The van der Waals surface area contributed by atoms with Crippen LogP contribution in [0.25, 0.3) is 5.65 Å². The zero-order valence-corrected chi connectivity index (χ0v) is 9.87. The Bertz CT molecular complexity index is 691. The number of pyridine rings is 1. The van der Waals surface area contributed by atoms with E-state index in [4.69, 9.17) is 0 Å². The van der Waals surface area contributed by atoms with Crippen LogP contribution in [0.3, 0.4) is 0 Å². The summed E-state index contributed by atoms with van der Waals surface area (Å²) in [6.45, 7) is 0. The molecule has 1 unspecified atom stereocenters. The van der Waals surface area contributed by atoms with Crippen molar-refractivity contribution in [3.05, 3.63) is 29.7 Å². The molecule has 7 nitrogen and oxygen atoms in total. The number of fused-ring (bicyclic) bond motifs is 1. The van der Waals surface area contributed by atoms with Crippen molar-refractivity contribution in [3.8, 4) is 0 Å². The van der Waals surface area contributed by atoms with Crippen LogP contribution in [0.4, 0.5) is 0 Å². The molecule has 1 aliphatic rings. The van der Waals surface area contributed by atoms with Crippen molar-refractivity contribution in [2.45, 2.75) is 18.8 Å². The normalized spacial score (nSPS) is 19.5. The summed E-state index contributed by atoms with van der Waals surface area (Å²) < 4.78 is 1.48. The third kappa shape index (κ3) is 1.79. The molecule has 1 fully saturated rings. The maximum absolute atomic E-state index is 11.9. The highest BCUT2D eigenvalue weighted by Crippen LogP contribution is 2.25. The van der Waals surface area contributed by atoms with Crippen LogP contribution in [-0.2, 0) is 9.59 Å². The van der Waals surface area contributed by atoms with E-state index >= 15 is 0 Å². The van der Waals surface area contributed by atoms with Crippen LogP contribution in [0.2, 0.25) is 0 Å². The Hall–Kier alpha value is -2.57. The fourth-order valence-electron chi connectivity index (χ4n) is 2.28. The number of carbonyl (C=O) groups is 3. The minimum absolute atomic E-state index is 0.263. The topological polar surface area (TPSA) is 93.4 Å². The van der Waals surface area contributed by atoms with Gasteiger partial charge in [0.05, 0.1) is 17.2 Å². The van der Waals surface area contributed by atoms with Crippen LogP contribution in [-0.4, -0.2) is 32.7 Å². The van der Waals surface area contributed by atoms with E-state index in [1.165, 1.54) is 10.8 Å². The minimum Gasteiger partial charge on any atom is -0.298 e. The molecule has 96 valence electrons. The standard InChI is InChI=1S/C12H10N4O3/c17-5-7-1-3-9(16-11(7)13-6-14-16)8-2-4-10(18)15-12(8)19/h1,3,5-6,8H,2,4H2,(H,15,18,19). The molecule has 0 saturated carbocycles. The Balaban J connectivity index is 2.11. The average molecular weight is 258 g/mol. The first-order chi connectivity index (χ1) is 9.20. The molecule has 1 atom stereocenters. The quantitative estimate of drug-likeness (QED) is 0.607. The number of nitrogens with one attached hydrogen (secondary N) is 1. The van der Waals surface area contributed by atoms with Crippen LogP contribution >= 0.6 is 0 Å². The maximum atomic E-state index is 11.9. The van der Waals surface area contributed by atoms with Gasteiger partial charge in [0.2, 0.25) is 11.8 Å². The van der Waals surface area contributed by atoms with Gasteiger partial charge in [-0.25, -0.2) is 9.50 Å². The van der Waals surface area contributed by atoms with Crippen LogP contribution in [0, 0.1) is 0 Å². The predicted octanol–water partition coefficient (Wildman–Crippen LogP) is 0.0620. The zero-order valence-electron chi connectivity index (χ0n) is 9.87. The molecule has 2 amide bonds. The van der Waals surface area contributed by atoms with Gasteiger partial charge < -0.3 is 0 Å². The molecule has 19 heavy (non-hydrogen) atoms. The van der Waals surface area contributed by atoms with Crippen molar-refractivity contribution in [1.29, 1.82) is 0 Å². The van der Waals surface area contributed by atoms with Crippen LogP contribution in [0.5, 0.6) is 0 Å². The Labute approximate surface area is 107 Å². The SMILES string of the molecule is O=Cc1ccc(C2CCC(=O)NC2=O)n2ncnc12. The third-order valence-electron chi connectivity index (χ3n) is 3.21. The lowest BCUT2D eigenvalue weighted by Crippen LogP contribution is -2.40. The van der Waals surface area contributed by atoms with Crippen molar-refractivity contribution < 1.29 is 14.4 Å². The Morgan fingerprint density at radius 1 is 1.37 bits per heavy atom. The molecular weight excluding hydrogens is 248 g/mol. The fraction of sp³-hybridized carbons (Fsp3) is 0.250. The lowest BCUT2D eigenvalue weighted by atomic mass is 9.94. The highest BCUT2D eigenvalue weighted by Gasteiger charge is 2.30. The van der Waals surface area contributed by atoms with Crippen LogP contribution < -0.4 is 5.32 Å². The Kier molecular flexibility index (Phi) is 2.59. The molecule has 0 spiro atoms. The first kappa shape index (κ1) is 11.5. The minimum atomic E-state index is -0.456. The van der Waals surface area contributed by atoms with Crippen LogP contribution in [0.15, 0.2) is 18.5 Å². The van der Waals surface area contributed by atoms with E-state index < -0.39 is 5.92 Å². The number of piperidine rings is 1. The number of hydrogen-bond acceptors (Lipinski definition) is 5. The highest BCUT2D eigenvalue weighted by atomic mass is 16.2. The van der Waals surface area contributed by atoms with Gasteiger partial charge in [-0.05, 0) is 18.6 Å². The Morgan fingerprint density at radius 3 is 2.95 bits per heavy atom. The van der Waals surface area contributed by atoms with E-state index in [1.807, 2.05) is 0 Å². The van der Waals surface area contributed by atoms with E-state index in [0.29, 0.717) is 36.0 Å². The largest absolute Gasteiger partial charge is 0.298 e. The van der Waals surface area contributed by atoms with Gasteiger partial charge in [0.15, 0.2) is 11.9 Å². The Morgan fingerprint density at radius 2 is 2.21 bits per heavy atom. The highest BCUT2D eigenvalue weighted by molar-refractivity contribution is 6.00. The van der Waals surface area contributed by atoms with Crippen molar-refractivity contribution in [3.63, 3.8) is 0 Å². The molecular formula is C12H10N4O3. The summed E-state index contributed by atoms with van der Waals surface area (Å²) in [6.07, 6.45) is 2.75. The molecule has 2 aromatic rings. The summed E-state index contributed by atoms with van der Waals surface area (Å²) >= 11 is 0. The molecule has 3 rings (SSSR count). The molecule has 1 N–H and O–H groups in total. The monoisotopic (exact) mass is 258 g/mol. The van der Waals surface area contributed by atoms with Crippen molar-refractivity contribution in [1.82, 2.24) is 19.9 Å². The summed E-state index contributed by atoms with van der Waals surface area (Å²) in [6, 6.07) is 3.28. The number of hydrogen-bond donors (Lipinski definition) is 1. The molecule has 0 aromatic carbocycles. The van der Waals surface area contributed by atoms with Gasteiger partial charge in [0.1, 0.15) is 6.33 Å². The van der Waals surface area contributed by atoms with Crippen molar-refractivity contribution in [2.24, 2.45) is 0 Å². The molecule has 3 heterocycles. The maximum Gasteiger partial charge on any atom is 0.235 e. The second kappa shape index (κ2) is 4.27. The van der Waals surface area contributed by atoms with E-state index in [0.717, 1.165) is 0 Å². The first-order valence-corrected chi connectivity index (χ1v) is 5.82. The summed E-state index contributed by atoms with van der Waals surface area (Å²) in [5.74, 6) is -1.06. The van der Waals surface area contributed by atoms with Gasteiger partial charge in [-0.2, -0.15) is 5.10 Å². The van der Waals surface area contributed by atoms with E-state index in [2.05, 4.69) is 15.4 Å². The van der Waals surface area contributed by atoms with Gasteiger partial charge in [-0.15, -0.1) is 0 Å². The second-order valence-corrected chi connectivity index (χ2v) is 4.33. The van der Waals surface area contributed by atoms with Crippen LogP contribution in [0.1, 0.15) is 34.8 Å². The molecule has 0 bridgehead atoms. The number of rotatable bonds is 2. The zero-order chi connectivity index (χ0) is 13.4. The number of imide groups is 1. The lowest BCUT2D eigenvalue weighted by Gasteiger charge is -2.21. The summed E-state index contributed by atoms with van der Waals surface area (Å²) in [7, 11) is 0. The average Bonchev–Trinajstić information content (AvgIpc) is 2.87. The second-order valence-electron chi connectivity index (χ2n) is 4.33. The third-order valence-corrected chi connectivity index (χ3v) is 3.21. The molecule has 0 aliphatic carbocycles.